The summed E-state index contributed by atoms with van der Waals surface area (Å²) in [6, 6.07) is 18.1. The van der Waals surface area contributed by atoms with Crippen molar-refractivity contribution < 1.29 is 13.2 Å². The Morgan fingerprint density at radius 1 is 0.907 bits per heavy atom. The molecular formula is C33H40N6O3S. The summed E-state index contributed by atoms with van der Waals surface area (Å²) in [4.78, 5) is 13.7. The maximum Gasteiger partial charge on any atom is 0.264 e. The number of nitrogens with zero attached hydrogens (tertiary/aromatic N) is 5. The van der Waals surface area contributed by atoms with E-state index in [1.54, 1.807) is 25.3 Å². The van der Waals surface area contributed by atoms with Crippen LogP contribution in [0.1, 0.15) is 34.6 Å². The molecule has 1 saturated heterocycles. The lowest BCUT2D eigenvalue weighted by atomic mass is 9.91. The number of anilines is 1. The molecule has 0 amide bonds. The minimum atomic E-state index is -3.86. The van der Waals surface area contributed by atoms with Gasteiger partial charge in [0.1, 0.15) is 5.75 Å². The van der Waals surface area contributed by atoms with Crippen molar-refractivity contribution in [1.82, 2.24) is 24.3 Å². The zero-order chi connectivity index (χ0) is 30.3. The molecule has 0 saturated carbocycles. The normalized spacial score (nSPS) is 17.9. The number of hydrogen-bond acceptors (Lipinski definition) is 7. The molecule has 6 rings (SSSR count). The van der Waals surface area contributed by atoms with Gasteiger partial charge in [0.05, 0.1) is 17.7 Å². The Kier molecular flexibility index (Phi) is 8.02. The number of piperazine rings is 1. The van der Waals surface area contributed by atoms with Crippen molar-refractivity contribution in [3.8, 4) is 22.7 Å². The standard InChI is InChI=1S/C33H40N6O3S/c1-22-18-25(6-13-32(22)42-5)31-21-26-20-28(38-16-14-37(4)15-17-38)9-12-30(26)39(31)27-7-10-29(11-8-27)43(40,41)36-33-34-23(2)19-24(3)35-33/h6-8,10-11,13,18-19,21,28H,9,12,14-17,20H2,1-5H3,(H,34,35,36)/t28-/m1/s1. The number of aryl methyl sites for hydroxylation is 3. The third-order valence-electron chi connectivity index (χ3n) is 8.72. The van der Waals surface area contributed by atoms with Crippen molar-refractivity contribution in [3.63, 3.8) is 0 Å². The Morgan fingerprint density at radius 2 is 1.60 bits per heavy atom. The van der Waals surface area contributed by atoms with Crippen LogP contribution in [0.3, 0.4) is 0 Å². The van der Waals surface area contributed by atoms with Crippen molar-refractivity contribution >= 4 is 16.0 Å². The molecule has 0 radical (unpaired) electrons. The topological polar surface area (TPSA) is 92.6 Å². The van der Waals surface area contributed by atoms with E-state index in [1.165, 1.54) is 11.3 Å². The zero-order valence-corrected chi connectivity index (χ0v) is 26.4. The van der Waals surface area contributed by atoms with E-state index < -0.39 is 10.0 Å². The molecule has 2 aliphatic rings. The summed E-state index contributed by atoms with van der Waals surface area (Å²) >= 11 is 0. The molecule has 226 valence electrons. The van der Waals surface area contributed by atoms with Gasteiger partial charge in [0, 0.05) is 55.0 Å². The third kappa shape index (κ3) is 6.04. The molecule has 1 aliphatic heterocycles. The summed E-state index contributed by atoms with van der Waals surface area (Å²) in [7, 11) is 0.0348. The minimum absolute atomic E-state index is 0.0770. The van der Waals surface area contributed by atoms with Gasteiger partial charge in [0.25, 0.3) is 10.0 Å². The number of methoxy groups -OCH3 is 1. The maximum absolute atomic E-state index is 13.2. The molecular weight excluding hydrogens is 560 g/mol. The molecule has 0 bridgehead atoms. The second-order valence-electron chi connectivity index (χ2n) is 11.8. The van der Waals surface area contributed by atoms with Crippen LogP contribution >= 0.6 is 0 Å². The summed E-state index contributed by atoms with van der Waals surface area (Å²) in [6.07, 6.45) is 3.09. The zero-order valence-electron chi connectivity index (χ0n) is 25.6. The number of rotatable bonds is 7. The molecule has 1 aliphatic carbocycles. The predicted molar refractivity (Wildman–Crippen MR) is 170 cm³/mol. The van der Waals surface area contributed by atoms with E-state index in [0.717, 1.165) is 73.7 Å². The third-order valence-corrected chi connectivity index (χ3v) is 10.1. The molecule has 0 spiro atoms. The summed E-state index contributed by atoms with van der Waals surface area (Å²) in [5, 5.41) is 0. The molecule has 4 aromatic rings. The van der Waals surface area contributed by atoms with Crippen LogP contribution in [-0.2, 0) is 22.9 Å². The van der Waals surface area contributed by atoms with E-state index >= 15 is 0 Å². The largest absolute Gasteiger partial charge is 0.496 e. The first-order chi connectivity index (χ1) is 20.6. The van der Waals surface area contributed by atoms with Crippen LogP contribution in [0.5, 0.6) is 5.75 Å². The van der Waals surface area contributed by atoms with Crippen molar-refractivity contribution in [2.45, 2.75) is 51.0 Å². The second kappa shape index (κ2) is 11.7. The van der Waals surface area contributed by atoms with Crippen molar-refractivity contribution in [2.75, 3.05) is 45.1 Å². The Bertz CT molecular complexity index is 1720. The number of aromatic nitrogens is 3. The van der Waals surface area contributed by atoms with Crippen LogP contribution < -0.4 is 9.46 Å². The van der Waals surface area contributed by atoms with Gasteiger partial charge in [-0.3, -0.25) is 4.90 Å². The Labute approximate surface area is 254 Å². The predicted octanol–water partition coefficient (Wildman–Crippen LogP) is 4.77. The van der Waals surface area contributed by atoms with E-state index in [1.807, 2.05) is 32.0 Å². The lowest BCUT2D eigenvalue weighted by Gasteiger charge is -2.39. The summed E-state index contributed by atoms with van der Waals surface area (Å²) < 4.78 is 36.8. The number of ether oxygens (including phenoxy) is 1. The fraction of sp³-hybridized carbons (Fsp3) is 0.394. The maximum atomic E-state index is 13.2. The average molecular weight is 601 g/mol. The number of benzene rings is 2. The molecule has 3 heterocycles. The fourth-order valence-electron chi connectivity index (χ4n) is 6.48. The molecule has 43 heavy (non-hydrogen) atoms. The van der Waals surface area contributed by atoms with Gasteiger partial charge in [-0.05, 0) is 118 Å². The second-order valence-corrected chi connectivity index (χ2v) is 13.5. The molecule has 0 unspecified atom stereocenters. The molecule has 1 fully saturated rings. The highest BCUT2D eigenvalue weighted by Gasteiger charge is 2.30. The summed E-state index contributed by atoms with van der Waals surface area (Å²) in [6.45, 7) is 10.1. The van der Waals surface area contributed by atoms with Crippen LogP contribution in [0.2, 0.25) is 0 Å². The van der Waals surface area contributed by atoms with Crippen molar-refractivity contribution in [3.05, 3.63) is 82.8 Å². The molecule has 1 N–H and O–H groups in total. The monoisotopic (exact) mass is 600 g/mol. The first kappa shape index (κ1) is 29.3. The van der Waals surface area contributed by atoms with Gasteiger partial charge in [-0.1, -0.05) is 0 Å². The number of hydrogen-bond donors (Lipinski definition) is 1. The summed E-state index contributed by atoms with van der Waals surface area (Å²) in [5.74, 6) is 0.935. The minimum Gasteiger partial charge on any atom is -0.496 e. The number of sulfonamides is 1. The lowest BCUT2D eigenvalue weighted by molar-refractivity contribution is 0.103. The number of likely N-dealkylation sites (N-methyl/N-ethyl adjacent to an activating group) is 1. The van der Waals surface area contributed by atoms with Crippen molar-refractivity contribution in [2.24, 2.45) is 0 Å². The van der Waals surface area contributed by atoms with Gasteiger partial charge in [0.15, 0.2) is 0 Å². The lowest BCUT2D eigenvalue weighted by Crippen LogP contribution is -2.50. The van der Waals surface area contributed by atoms with Gasteiger partial charge >= 0.3 is 0 Å². The SMILES string of the molecule is COc1ccc(-c2cc3c(n2-c2ccc(S(=O)(=O)Nc4nc(C)cc(C)n4)cc2)CC[C@@H](N2CCN(C)CC2)C3)cc1C. The van der Waals surface area contributed by atoms with Gasteiger partial charge in [-0.2, -0.15) is 0 Å². The van der Waals surface area contributed by atoms with Gasteiger partial charge in [0.2, 0.25) is 5.95 Å². The van der Waals surface area contributed by atoms with Crippen LogP contribution in [-0.4, -0.2) is 79.1 Å². The van der Waals surface area contributed by atoms with E-state index in [4.69, 9.17) is 4.74 Å². The first-order valence-electron chi connectivity index (χ1n) is 14.9. The van der Waals surface area contributed by atoms with Crippen molar-refractivity contribution in [1.29, 1.82) is 0 Å². The Hall–Kier alpha value is -3.73. The average Bonchev–Trinajstić information content (AvgIpc) is 3.35. The van der Waals surface area contributed by atoms with Gasteiger partial charge in [-0.25, -0.2) is 23.1 Å². The Morgan fingerprint density at radius 3 is 2.26 bits per heavy atom. The highest BCUT2D eigenvalue weighted by molar-refractivity contribution is 7.92. The van der Waals surface area contributed by atoms with Gasteiger partial charge in [-0.15, -0.1) is 0 Å². The highest BCUT2D eigenvalue weighted by atomic mass is 32.2. The smallest absolute Gasteiger partial charge is 0.264 e. The summed E-state index contributed by atoms with van der Waals surface area (Å²) in [5.41, 5.74) is 8.28. The van der Waals surface area contributed by atoms with Crippen LogP contribution in [0, 0.1) is 20.8 Å². The van der Waals surface area contributed by atoms with Gasteiger partial charge < -0.3 is 14.2 Å². The molecule has 2 aromatic carbocycles. The Balaban J connectivity index is 1.35. The van der Waals surface area contributed by atoms with E-state index in [-0.39, 0.29) is 10.8 Å². The molecule has 2 aromatic heterocycles. The number of nitrogens with one attached hydrogen (secondary N) is 1. The van der Waals surface area contributed by atoms with Crippen LogP contribution in [0.15, 0.2) is 59.5 Å². The highest BCUT2D eigenvalue weighted by Crippen LogP contribution is 2.37. The van der Waals surface area contributed by atoms with E-state index in [0.29, 0.717) is 17.4 Å². The van der Waals surface area contributed by atoms with Crippen LogP contribution in [0.25, 0.3) is 16.9 Å². The molecule has 9 nitrogen and oxygen atoms in total. The molecule has 10 heteroatoms. The van der Waals surface area contributed by atoms with Crippen LogP contribution in [0.4, 0.5) is 5.95 Å². The fourth-order valence-corrected chi connectivity index (χ4v) is 7.42. The van der Waals surface area contributed by atoms with E-state index in [2.05, 4.69) is 61.2 Å². The first-order valence-corrected chi connectivity index (χ1v) is 16.4. The van der Waals surface area contributed by atoms with E-state index in [9.17, 15) is 8.42 Å². The quantitative estimate of drug-likeness (QED) is 0.327. The molecule has 1 atom stereocenters. The number of fused-ring (bicyclic) bond motifs is 1.